The summed E-state index contributed by atoms with van der Waals surface area (Å²) in [5.41, 5.74) is 1.08. The lowest BCUT2D eigenvalue weighted by molar-refractivity contribution is 0.232. The van der Waals surface area contributed by atoms with Crippen LogP contribution in [0.3, 0.4) is 0 Å². The monoisotopic (exact) mass is 323 g/mol. The molecule has 0 saturated carbocycles. The van der Waals surface area contributed by atoms with E-state index in [0.29, 0.717) is 17.8 Å². The van der Waals surface area contributed by atoms with Crippen LogP contribution in [0, 0.1) is 5.41 Å². The van der Waals surface area contributed by atoms with Crippen molar-refractivity contribution in [2.24, 2.45) is 5.41 Å². The summed E-state index contributed by atoms with van der Waals surface area (Å²) in [6.45, 7) is 4.47. The number of hydrogen-bond acceptors (Lipinski definition) is 5. The number of fused-ring (bicyclic) bond motifs is 1. The van der Waals surface area contributed by atoms with Crippen molar-refractivity contribution in [1.29, 1.82) is 0 Å². The van der Waals surface area contributed by atoms with Gasteiger partial charge >= 0.3 is 0 Å². The number of hydrogen-bond donors (Lipinski definition) is 2. The van der Waals surface area contributed by atoms with Gasteiger partial charge in [0.05, 0.1) is 0 Å². The molecule has 1 aromatic heterocycles. The minimum Gasteiger partial charge on any atom is -0.356 e. The molecule has 0 bridgehead atoms. The van der Waals surface area contributed by atoms with Gasteiger partial charge < -0.3 is 9.84 Å². The minimum absolute atomic E-state index is 0.0181. The fourth-order valence-electron chi connectivity index (χ4n) is 2.76. The van der Waals surface area contributed by atoms with Crippen LogP contribution in [0.4, 0.5) is 0 Å². The van der Waals surface area contributed by atoms with Gasteiger partial charge in [-0.25, -0.2) is 13.1 Å². The van der Waals surface area contributed by atoms with Crippen LogP contribution in [0.5, 0.6) is 0 Å². The Hall–Kier alpha value is -1.44. The molecular weight excluding hydrogens is 302 g/mol. The van der Waals surface area contributed by atoms with Crippen molar-refractivity contribution in [1.82, 2.24) is 15.2 Å². The highest BCUT2D eigenvalue weighted by molar-refractivity contribution is 7.88. The van der Waals surface area contributed by atoms with Crippen LogP contribution in [0.2, 0.25) is 0 Å². The van der Waals surface area contributed by atoms with Crippen LogP contribution in [0.25, 0.3) is 11.0 Å². The molecule has 0 spiro atoms. The third kappa shape index (κ3) is 3.48. The van der Waals surface area contributed by atoms with Crippen molar-refractivity contribution in [3.63, 3.8) is 0 Å². The molecule has 0 unspecified atom stereocenters. The summed E-state index contributed by atoms with van der Waals surface area (Å²) in [5.74, 6) is -0.154. The largest absolute Gasteiger partial charge is 0.356 e. The Morgan fingerprint density at radius 2 is 2.05 bits per heavy atom. The smallest absolute Gasteiger partial charge is 0.217 e. The van der Waals surface area contributed by atoms with E-state index in [1.54, 1.807) is 6.07 Å². The maximum absolute atomic E-state index is 12.3. The van der Waals surface area contributed by atoms with Crippen LogP contribution >= 0.6 is 0 Å². The van der Waals surface area contributed by atoms with Gasteiger partial charge in [0.15, 0.2) is 5.58 Å². The first-order valence-electron chi connectivity index (χ1n) is 7.49. The van der Waals surface area contributed by atoms with Crippen molar-refractivity contribution in [3.8, 4) is 0 Å². The van der Waals surface area contributed by atoms with Gasteiger partial charge in [-0.15, -0.1) is 0 Å². The normalized spacial score (nSPS) is 18.6. The van der Waals surface area contributed by atoms with E-state index in [0.717, 1.165) is 31.3 Å². The van der Waals surface area contributed by atoms with E-state index in [1.807, 2.05) is 18.2 Å². The number of para-hydroxylation sites is 1. The van der Waals surface area contributed by atoms with E-state index in [2.05, 4.69) is 22.1 Å². The summed E-state index contributed by atoms with van der Waals surface area (Å²) in [4.78, 5) is 0. The molecule has 2 heterocycles. The van der Waals surface area contributed by atoms with Gasteiger partial charge in [0.25, 0.3) is 0 Å². The van der Waals surface area contributed by atoms with Crippen molar-refractivity contribution >= 4 is 21.0 Å². The number of nitrogens with zero attached hydrogens (tertiary/aromatic N) is 1. The highest BCUT2D eigenvalue weighted by Crippen LogP contribution is 2.27. The summed E-state index contributed by atoms with van der Waals surface area (Å²) in [5, 5.41) is 7.93. The number of piperidine rings is 1. The zero-order chi connectivity index (χ0) is 15.6. The summed E-state index contributed by atoms with van der Waals surface area (Å²) >= 11 is 0. The standard InChI is InChI=1S/C15H21N3O3S/c1-15(6-8-16-9-7-15)11-17-22(19,20)10-13-12-4-2-3-5-14(12)21-18-13/h2-5,16-17H,6-11H2,1H3. The van der Waals surface area contributed by atoms with Crippen LogP contribution in [-0.2, 0) is 15.8 Å². The molecule has 3 rings (SSSR count). The van der Waals surface area contributed by atoms with Gasteiger partial charge in [0.2, 0.25) is 10.0 Å². The molecule has 0 amide bonds. The number of rotatable bonds is 5. The summed E-state index contributed by atoms with van der Waals surface area (Å²) in [7, 11) is -3.43. The third-order valence-electron chi connectivity index (χ3n) is 4.31. The summed E-state index contributed by atoms with van der Waals surface area (Å²) < 4.78 is 32.5. The van der Waals surface area contributed by atoms with Gasteiger partial charge in [-0.3, -0.25) is 0 Å². The average molecular weight is 323 g/mol. The van der Waals surface area contributed by atoms with Crippen LogP contribution in [0.1, 0.15) is 25.5 Å². The molecule has 2 aromatic rings. The predicted molar refractivity (Wildman–Crippen MR) is 84.8 cm³/mol. The molecule has 2 N–H and O–H groups in total. The van der Waals surface area contributed by atoms with Crippen molar-refractivity contribution in [3.05, 3.63) is 30.0 Å². The zero-order valence-electron chi connectivity index (χ0n) is 12.6. The van der Waals surface area contributed by atoms with E-state index in [1.165, 1.54) is 0 Å². The Labute approximate surface area is 130 Å². The molecule has 0 radical (unpaired) electrons. The van der Waals surface area contributed by atoms with Crippen LogP contribution in [0.15, 0.2) is 28.8 Å². The van der Waals surface area contributed by atoms with Crippen LogP contribution < -0.4 is 10.0 Å². The molecule has 120 valence electrons. The van der Waals surface area contributed by atoms with Gasteiger partial charge in [-0.2, -0.15) is 0 Å². The number of sulfonamides is 1. The maximum atomic E-state index is 12.3. The third-order valence-corrected chi connectivity index (χ3v) is 5.55. The summed E-state index contributed by atoms with van der Waals surface area (Å²) in [6.07, 6.45) is 1.95. The lowest BCUT2D eigenvalue weighted by atomic mass is 9.81. The molecular formula is C15H21N3O3S. The predicted octanol–water partition coefficient (Wildman–Crippen LogP) is 1.64. The molecule has 1 aliphatic heterocycles. The van der Waals surface area contributed by atoms with E-state index >= 15 is 0 Å². The number of benzene rings is 1. The van der Waals surface area contributed by atoms with Gasteiger partial charge in [0, 0.05) is 11.9 Å². The molecule has 1 aromatic carbocycles. The van der Waals surface area contributed by atoms with E-state index in [4.69, 9.17) is 4.52 Å². The molecule has 22 heavy (non-hydrogen) atoms. The Bertz CT molecular complexity index is 748. The fraction of sp³-hybridized carbons (Fsp3) is 0.533. The van der Waals surface area contributed by atoms with Crippen molar-refractivity contribution in [2.45, 2.75) is 25.5 Å². The molecule has 0 atom stereocenters. The Balaban J connectivity index is 1.68. The maximum Gasteiger partial charge on any atom is 0.217 e. The second-order valence-corrected chi connectivity index (χ2v) is 8.07. The molecule has 0 aliphatic carbocycles. The molecule has 1 aliphatic rings. The molecule has 7 heteroatoms. The van der Waals surface area contributed by atoms with Crippen molar-refractivity contribution in [2.75, 3.05) is 19.6 Å². The summed E-state index contributed by atoms with van der Waals surface area (Å²) in [6, 6.07) is 7.29. The zero-order valence-corrected chi connectivity index (χ0v) is 13.4. The molecule has 6 nitrogen and oxygen atoms in total. The first-order valence-corrected chi connectivity index (χ1v) is 9.14. The molecule has 1 fully saturated rings. The lowest BCUT2D eigenvalue weighted by Crippen LogP contribution is -2.43. The second kappa shape index (κ2) is 5.98. The van der Waals surface area contributed by atoms with Gasteiger partial charge in [-0.05, 0) is 43.5 Å². The number of nitrogens with one attached hydrogen (secondary N) is 2. The van der Waals surface area contributed by atoms with E-state index in [-0.39, 0.29) is 11.2 Å². The fourth-order valence-corrected chi connectivity index (χ4v) is 4.00. The second-order valence-electron chi connectivity index (χ2n) is 6.27. The number of aromatic nitrogens is 1. The highest BCUT2D eigenvalue weighted by Gasteiger charge is 2.28. The lowest BCUT2D eigenvalue weighted by Gasteiger charge is -2.34. The minimum atomic E-state index is -3.43. The first kappa shape index (κ1) is 15.5. The van der Waals surface area contributed by atoms with Crippen LogP contribution in [-0.4, -0.2) is 33.2 Å². The topological polar surface area (TPSA) is 84.2 Å². The van der Waals surface area contributed by atoms with Crippen molar-refractivity contribution < 1.29 is 12.9 Å². The Morgan fingerprint density at radius 3 is 2.82 bits per heavy atom. The average Bonchev–Trinajstić information content (AvgIpc) is 2.89. The van der Waals surface area contributed by atoms with Gasteiger partial charge in [0.1, 0.15) is 11.4 Å². The Kier molecular flexibility index (Phi) is 4.20. The van der Waals surface area contributed by atoms with E-state index < -0.39 is 10.0 Å². The van der Waals surface area contributed by atoms with E-state index in [9.17, 15) is 8.42 Å². The quantitative estimate of drug-likeness (QED) is 0.874. The first-order chi connectivity index (χ1) is 10.5. The van der Waals surface area contributed by atoms with Gasteiger partial charge in [-0.1, -0.05) is 24.2 Å². The Morgan fingerprint density at radius 1 is 1.32 bits per heavy atom. The SMILES string of the molecule is CC1(CNS(=O)(=O)Cc2noc3ccccc23)CCNCC1. The highest BCUT2D eigenvalue weighted by atomic mass is 32.2. The molecule has 1 saturated heterocycles.